The third-order valence-corrected chi connectivity index (χ3v) is 7.03. The first-order valence-corrected chi connectivity index (χ1v) is 12.5. The van der Waals surface area contributed by atoms with E-state index in [-0.39, 0.29) is 11.3 Å². The van der Waals surface area contributed by atoms with Crippen LogP contribution in [0.3, 0.4) is 0 Å². The summed E-state index contributed by atoms with van der Waals surface area (Å²) < 4.78 is 0. The van der Waals surface area contributed by atoms with Crippen LogP contribution >= 0.6 is 0 Å². The highest BCUT2D eigenvalue weighted by atomic mass is 16.3. The van der Waals surface area contributed by atoms with Crippen molar-refractivity contribution >= 4 is 34.1 Å². The van der Waals surface area contributed by atoms with Crippen molar-refractivity contribution in [2.45, 2.75) is 0 Å². The van der Waals surface area contributed by atoms with E-state index in [1.165, 1.54) is 18.5 Å². The number of aromatic nitrogens is 3. The lowest BCUT2D eigenvalue weighted by Gasteiger charge is -2.34. The van der Waals surface area contributed by atoms with Crippen molar-refractivity contribution in [3.8, 4) is 28.3 Å². The largest absolute Gasteiger partial charge is 0.506 e. The minimum absolute atomic E-state index is 0.0231. The van der Waals surface area contributed by atoms with Gasteiger partial charge in [0, 0.05) is 55.2 Å². The fraction of sp³-hybridized carbons (Fsp3) is 0.179. The Labute approximate surface area is 223 Å². The zero-order chi connectivity index (χ0) is 26.9. The second-order valence-corrected chi connectivity index (χ2v) is 9.47. The number of H-pyrrole nitrogens is 2. The molecule has 1 aliphatic carbocycles. The molecule has 0 unspecified atom stereocenters. The van der Waals surface area contributed by atoms with Gasteiger partial charge in [0.25, 0.3) is 5.91 Å². The maximum Gasteiger partial charge on any atom is 0.364 e. The molecule has 11 heteroatoms. The second-order valence-electron chi connectivity index (χ2n) is 9.47. The van der Waals surface area contributed by atoms with Gasteiger partial charge in [-0.1, -0.05) is 29.4 Å². The molecule has 2 aliphatic heterocycles. The number of nitrogens with zero attached hydrogens (tertiary/aromatic N) is 5. The molecule has 1 fully saturated rings. The van der Waals surface area contributed by atoms with Gasteiger partial charge in [0.1, 0.15) is 5.75 Å². The van der Waals surface area contributed by atoms with Crippen LogP contribution in [0.25, 0.3) is 33.3 Å². The van der Waals surface area contributed by atoms with E-state index in [0.717, 1.165) is 48.5 Å². The Balaban J connectivity index is 1.27. The smallest absolute Gasteiger partial charge is 0.364 e. The van der Waals surface area contributed by atoms with E-state index < -0.39 is 11.9 Å². The van der Waals surface area contributed by atoms with Crippen LogP contribution in [0, 0.1) is 0 Å². The molecular formula is C28H26N8O3. The number of fused-ring (bicyclic) bond motifs is 3. The summed E-state index contributed by atoms with van der Waals surface area (Å²) in [5.74, 6) is -0.658. The first kappa shape index (κ1) is 24.3. The van der Waals surface area contributed by atoms with Crippen LogP contribution in [0.2, 0.25) is 0 Å². The average molecular weight is 523 g/mol. The topological polar surface area (TPSA) is 142 Å². The zero-order valence-electron chi connectivity index (χ0n) is 21.2. The standard InChI is InChI=1S/C28H26N8O3/c1-35-12-14-36(15-13-35)19-9-7-17(8-10-19)24-23-25(32-31-24)20-5-2-6-21(22(20)26(23)37)30-28(39)34-33-27(38)18-4-3-11-29-16-18/h2-11,16,31-32,37H,12-15H2,1H3,(H,30,39). The molecule has 0 radical (unpaired) electrons. The van der Waals surface area contributed by atoms with Crippen LogP contribution in [0.4, 0.5) is 16.2 Å². The van der Waals surface area contributed by atoms with Crippen LogP contribution in [-0.4, -0.2) is 70.4 Å². The van der Waals surface area contributed by atoms with Gasteiger partial charge in [0.15, 0.2) is 0 Å². The molecule has 4 N–H and O–H groups in total. The molecule has 196 valence electrons. The van der Waals surface area contributed by atoms with Crippen molar-refractivity contribution in [2.24, 2.45) is 10.2 Å². The molecule has 3 aliphatic rings. The minimum Gasteiger partial charge on any atom is -0.506 e. The van der Waals surface area contributed by atoms with Crippen molar-refractivity contribution in [3.05, 3.63) is 72.6 Å². The Morgan fingerprint density at radius 2 is 1.72 bits per heavy atom. The highest BCUT2D eigenvalue weighted by Crippen LogP contribution is 2.50. The number of urea groups is 1. The molecule has 1 aromatic heterocycles. The van der Waals surface area contributed by atoms with Gasteiger partial charge < -0.3 is 20.2 Å². The summed E-state index contributed by atoms with van der Waals surface area (Å²) in [4.78, 5) is 33.1. The third-order valence-electron chi connectivity index (χ3n) is 7.03. The van der Waals surface area contributed by atoms with Crippen molar-refractivity contribution in [3.63, 3.8) is 0 Å². The zero-order valence-corrected chi connectivity index (χ0v) is 21.2. The maximum atomic E-state index is 12.5. The fourth-order valence-corrected chi connectivity index (χ4v) is 4.96. The number of hydrogen-bond acceptors (Lipinski definition) is 6. The van der Waals surface area contributed by atoms with E-state index in [1.54, 1.807) is 18.2 Å². The molecule has 3 heterocycles. The monoisotopic (exact) mass is 522 g/mol. The number of benzene rings is 2. The first-order valence-electron chi connectivity index (χ1n) is 12.5. The predicted molar refractivity (Wildman–Crippen MR) is 149 cm³/mol. The van der Waals surface area contributed by atoms with Gasteiger partial charge >= 0.3 is 6.03 Å². The number of carbonyl (C=O) groups excluding carboxylic acids is 2. The summed E-state index contributed by atoms with van der Waals surface area (Å²) in [6, 6.07) is 15.8. The van der Waals surface area contributed by atoms with Gasteiger partial charge in [0.2, 0.25) is 0 Å². The lowest BCUT2D eigenvalue weighted by molar-refractivity contribution is 0.0993. The number of aromatic hydroxyl groups is 1. The summed E-state index contributed by atoms with van der Waals surface area (Å²) in [6.07, 6.45) is 2.88. The number of carbonyl (C=O) groups is 2. The molecular weight excluding hydrogens is 496 g/mol. The SMILES string of the molecule is CN1CCN(c2ccc(-c3[nH][nH]c4c5cccc(NC(=O)N=NC(=O)c6cccnc6)c5c(O)c3-4)cc2)CC1. The number of anilines is 2. The molecule has 0 spiro atoms. The molecule has 1 saturated heterocycles. The van der Waals surface area contributed by atoms with E-state index >= 15 is 0 Å². The lowest BCUT2D eigenvalue weighted by atomic mass is 10.1. The van der Waals surface area contributed by atoms with Crippen LogP contribution in [0.1, 0.15) is 10.4 Å². The van der Waals surface area contributed by atoms with Crippen LogP contribution < -0.4 is 10.2 Å². The Morgan fingerprint density at radius 1 is 0.949 bits per heavy atom. The number of pyridine rings is 1. The van der Waals surface area contributed by atoms with Crippen molar-refractivity contribution < 1.29 is 14.7 Å². The van der Waals surface area contributed by atoms with Crippen molar-refractivity contribution in [2.75, 3.05) is 43.4 Å². The van der Waals surface area contributed by atoms with Crippen LogP contribution in [0.5, 0.6) is 5.75 Å². The van der Waals surface area contributed by atoms with Gasteiger partial charge in [0.05, 0.1) is 33.6 Å². The van der Waals surface area contributed by atoms with Crippen LogP contribution in [-0.2, 0) is 0 Å². The van der Waals surface area contributed by atoms with E-state index in [2.05, 4.69) is 59.7 Å². The quantitative estimate of drug-likeness (QED) is 0.246. The average Bonchev–Trinajstić information content (AvgIpc) is 3.53. The molecule has 3 aromatic rings. The Hall–Kier alpha value is -5.03. The number of rotatable bonds is 4. The predicted octanol–water partition coefficient (Wildman–Crippen LogP) is 4.94. The number of hydrogen-bond donors (Lipinski definition) is 4. The Bertz CT molecular complexity index is 1650. The molecule has 0 atom stereocenters. The van der Waals surface area contributed by atoms with Gasteiger partial charge in [-0.15, -0.1) is 5.11 Å². The lowest BCUT2D eigenvalue weighted by Crippen LogP contribution is -2.44. The maximum absolute atomic E-state index is 12.5. The molecule has 3 amide bonds. The van der Waals surface area contributed by atoms with E-state index in [1.807, 2.05) is 18.2 Å². The molecule has 6 rings (SSSR count). The highest BCUT2D eigenvalue weighted by molar-refractivity contribution is 6.16. The van der Waals surface area contributed by atoms with Crippen LogP contribution in [0.15, 0.2) is 77.2 Å². The third kappa shape index (κ3) is 4.59. The van der Waals surface area contributed by atoms with E-state index in [9.17, 15) is 14.7 Å². The normalized spacial score (nSPS) is 14.4. The Kier molecular flexibility index (Phi) is 6.25. The fourth-order valence-electron chi connectivity index (χ4n) is 4.96. The van der Waals surface area contributed by atoms with Gasteiger partial charge in [-0.05, 0) is 37.4 Å². The molecule has 2 aromatic carbocycles. The number of piperazine rings is 1. The summed E-state index contributed by atoms with van der Waals surface area (Å²) in [5.41, 5.74) is 4.72. The Morgan fingerprint density at radius 3 is 2.46 bits per heavy atom. The number of likely N-dealkylation sites (N-methyl/N-ethyl adjacent to an activating group) is 1. The minimum atomic E-state index is -0.838. The number of amides is 3. The molecule has 39 heavy (non-hydrogen) atoms. The van der Waals surface area contributed by atoms with Gasteiger partial charge in [-0.25, -0.2) is 4.79 Å². The van der Waals surface area contributed by atoms with E-state index in [0.29, 0.717) is 22.3 Å². The first-order chi connectivity index (χ1) is 19.0. The summed E-state index contributed by atoms with van der Waals surface area (Å²) >= 11 is 0. The molecule has 11 nitrogen and oxygen atoms in total. The second kappa shape index (κ2) is 10.0. The number of nitrogens with one attached hydrogen (secondary N) is 3. The van der Waals surface area contributed by atoms with Crippen molar-refractivity contribution in [1.82, 2.24) is 20.1 Å². The summed E-state index contributed by atoms with van der Waals surface area (Å²) in [7, 11) is 2.13. The van der Waals surface area contributed by atoms with Gasteiger partial charge in [-0.2, -0.15) is 0 Å². The van der Waals surface area contributed by atoms with E-state index in [4.69, 9.17) is 0 Å². The molecule has 0 saturated carbocycles. The highest BCUT2D eigenvalue weighted by Gasteiger charge is 2.26. The van der Waals surface area contributed by atoms with Crippen molar-refractivity contribution in [1.29, 1.82) is 0 Å². The number of azo groups is 1. The number of aromatic amines is 2. The summed E-state index contributed by atoms with van der Waals surface area (Å²) in [5, 5.41) is 28.4. The summed E-state index contributed by atoms with van der Waals surface area (Å²) in [6.45, 7) is 4.03. The van der Waals surface area contributed by atoms with Gasteiger partial charge in [-0.3, -0.25) is 20.0 Å². The molecule has 0 bridgehead atoms.